The molecular formula is C21H17NO3S2. The highest BCUT2D eigenvalue weighted by atomic mass is 32.1. The van der Waals surface area contributed by atoms with Gasteiger partial charge in [-0.1, -0.05) is 18.2 Å². The molecule has 1 aliphatic rings. The molecule has 0 aliphatic carbocycles. The summed E-state index contributed by atoms with van der Waals surface area (Å²) < 4.78 is 0. The predicted molar refractivity (Wildman–Crippen MR) is 109 cm³/mol. The molecule has 2 aromatic heterocycles. The summed E-state index contributed by atoms with van der Waals surface area (Å²) in [5, 5.41) is 14.4. The normalized spacial score (nSPS) is 17.0. The number of carbonyl (C=O) groups excluding carboxylic acids is 2. The van der Waals surface area contributed by atoms with Gasteiger partial charge in [-0.25, -0.2) is 0 Å². The van der Waals surface area contributed by atoms with Gasteiger partial charge in [0.25, 0.3) is 5.91 Å². The summed E-state index contributed by atoms with van der Waals surface area (Å²) >= 11 is 2.76. The number of aliphatic hydroxyl groups excluding tert-OH is 1. The number of anilines is 1. The third-order valence-corrected chi connectivity index (χ3v) is 6.29. The first kappa shape index (κ1) is 17.7. The molecule has 1 atom stereocenters. The Bertz CT molecular complexity index is 1030. The number of hydrogen-bond acceptors (Lipinski definition) is 5. The molecule has 3 aromatic rings. The van der Waals surface area contributed by atoms with E-state index in [4.69, 9.17) is 0 Å². The Morgan fingerprint density at radius 1 is 1.04 bits per heavy atom. The maximum atomic E-state index is 13.1. The fourth-order valence-corrected chi connectivity index (χ4v) is 4.95. The molecule has 1 unspecified atom stereocenters. The molecule has 0 radical (unpaired) electrons. The minimum Gasteiger partial charge on any atom is -0.503 e. The van der Waals surface area contributed by atoms with Crippen LogP contribution in [0.4, 0.5) is 5.69 Å². The van der Waals surface area contributed by atoms with Crippen molar-refractivity contribution in [3.8, 4) is 0 Å². The fourth-order valence-electron chi connectivity index (χ4n) is 3.45. The Morgan fingerprint density at radius 3 is 2.30 bits per heavy atom. The van der Waals surface area contributed by atoms with E-state index < -0.39 is 17.7 Å². The Hall–Kier alpha value is -2.70. The maximum Gasteiger partial charge on any atom is 0.294 e. The highest BCUT2D eigenvalue weighted by Crippen LogP contribution is 2.44. The Balaban J connectivity index is 1.88. The molecule has 1 aromatic carbocycles. The predicted octanol–water partition coefficient (Wildman–Crippen LogP) is 5.21. The SMILES string of the molecule is Cc1cc(C)cc(N2C(=O)C(O)=C(C(=O)c3cccs3)C2c2cccs2)c1. The molecule has 1 aliphatic heterocycles. The average molecular weight is 396 g/mol. The van der Waals surface area contributed by atoms with Crippen LogP contribution in [0.25, 0.3) is 0 Å². The van der Waals surface area contributed by atoms with Gasteiger partial charge >= 0.3 is 0 Å². The molecule has 27 heavy (non-hydrogen) atoms. The van der Waals surface area contributed by atoms with E-state index in [0.717, 1.165) is 16.0 Å². The van der Waals surface area contributed by atoms with Crippen molar-refractivity contribution < 1.29 is 14.7 Å². The third-order valence-electron chi connectivity index (χ3n) is 4.50. The fraction of sp³-hybridized carbons (Fsp3) is 0.143. The van der Waals surface area contributed by atoms with Crippen molar-refractivity contribution in [1.82, 2.24) is 0 Å². The van der Waals surface area contributed by atoms with Crippen molar-refractivity contribution in [2.45, 2.75) is 19.9 Å². The van der Waals surface area contributed by atoms with E-state index in [9.17, 15) is 14.7 Å². The summed E-state index contributed by atoms with van der Waals surface area (Å²) in [4.78, 5) is 29.0. The number of ketones is 1. The quantitative estimate of drug-likeness (QED) is 0.617. The van der Waals surface area contributed by atoms with Gasteiger partial charge in [0, 0.05) is 10.6 Å². The number of nitrogens with zero attached hydrogens (tertiary/aromatic N) is 1. The standard InChI is InChI=1S/C21H17NO3S2/c1-12-9-13(2)11-14(10-12)22-18(15-5-3-7-26-15)17(20(24)21(22)25)19(23)16-6-4-8-27-16/h3-11,18,24H,1-2H3. The largest absolute Gasteiger partial charge is 0.503 e. The van der Waals surface area contributed by atoms with Crippen molar-refractivity contribution in [1.29, 1.82) is 0 Å². The molecule has 0 saturated carbocycles. The highest BCUT2D eigenvalue weighted by molar-refractivity contribution is 7.12. The van der Waals surface area contributed by atoms with Crippen LogP contribution in [0.5, 0.6) is 0 Å². The molecule has 0 saturated heterocycles. The highest BCUT2D eigenvalue weighted by Gasteiger charge is 2.45. The molecule has 136 valence electrons. The van der Waals surface area contributed by atoms with Crippen molar-refractivity contribution in [2.75, 3.05) is 4.90 Å². The van der Waals surface area contributed by atoms with Crippen LogP contribution in [-0.4, -0.2) is 16.8 Å². The Kier molecular flexibility index (Phi) is 4.45. The Labute approximate surface area is 165 Å². The lowest BCUT2D eigenvalue weighted by atomic mass is 10.0. The first-order valence-corrected chi connectivity index (χ1v) is 10.2. The van der Waals surface area contributed by atoms with E-state index in [-0.39, 0.29) is 11.4 Å². The van der Waals surface area contributed by atoms with Gasteiger partial charge < -0.3 is 5.11 Å². The summed E-state index contributed by atoms with van der Waals surface area (Å²) in [7, 11) is 0. The number of carbonyl (C=O) groups is 2. The van der Waals surface area contributed by atoms with E-state index in [1.807, 2.05) is 54.9 Å². The number of thiophene rings is 2. The summed E-state index contributed by atoms with van der Waals surface area (Å²) in [6.45, 7) is 3.92. The third kappa shape index (κ3) is 3.01. The van der Waals surface area contributed by atoms with E-state index in [1.54, 1.807) is 12.1 Å². The maximum absolute atomic E-state index is 13.1. The average Bonchev–Trinajstić information content (AvgIpc) is 3.35. The topological polar surface area (TPSA) is 57.6 Å². The first-order valence-electron chi connectivity index (χ1n) is 8.44. The smallest absolute Gasteiger partial charge is 0.294 e. The number of aliphatic hydroxyl groups is 1. The second-order valence-corrected chi connectivity index (χ2v) is 8.43. The van der Waals surface area contributed by atoms with Crippen LogP contribution >= 0.6 is 22.7 Å². The number of Topliss-reactive ketones (excluding diaryl/α,β-unsaturated/α-hetero) is 1. The number of benzene rings is 1. The monoisotopic (exact) mass is 395 g/mol. The van der Waals surface area contributed by atoms with E-state index >= 15 is 0 Å². The van der Waals surface area contributed by atoms with Gasteiger partial charge in [0.15, 0.2) is 5.76 Å². The lowest BCUT2D eigenvalue weighted by Crippen LogP contribution is -2.30. The van der Waals surface area contributed by atoms with Gasteiger partial charge in [0.1, 0.15) is 6.04 Å². The number of rotatable bonds is 4. The van der Waals surface area contributed by atoms with Crippen LogP contribution < -0.4 is 4.90 Å². The van der Waals surface area contributed by atoms with Gasteiger partial charge in [-0.3, -0.25) is 14.5 Å². The number of aryl methyl sites for hydroxylation is 2. The zero-order valence-electron chi connectivity index (χ0n) is 14.8. The van der Waals surface area contributed by atoms with Crippen molar-refractivity contribution in [3.05, 3.63) is 85.4 Å². The lowest BCUT2D eigenvalue weighted by molar-refractivity contribution is -0.117. The van der Waals surface area contributed by atoms with E-state index in [0.29, 0.717) is 10.6 Å². The first-order chi connectivity index (χ1) is 13.0. The number of amides is 1. The second-order valence-electron chi connectivity index (χ2n) is 6.51. The van der Waals surface area contributed by atoms with Crippen molar-refractivity contribution in [2.24, 2.45) is 0 Å². The minimum atomic E-state index is -0.631. The van der Waals surface area contributed by atoms with Crippen molar-refractivity contribution >= 4 is 40.1 Å². The number of hydrogen-bond donors (Lipinski definition) is 1. The van der Waals surface area contributed by atoms with Gasteiger partial charge in [0.05, 0.1) is 10.5 Å². The van der Waals surface area contributed by atoms with Gasteiger partial charge in [-0.2, -0.15) is 0 Å². The van der Waals surface area contributed by atoms with E-state index in [2.05, 4.69) is 0 Å². The lowest BCUT2D eigenvalue weighted by Gasteiger charge is -2.26. The van der Waals surface area contributed by atoms with Crippen LogP contribution in [-0.2, 0) is 4.79 Å². The molecule has 6 heteroatoms. The molecule has 1 amide bonds. The van der Waals surface area contributed by atoms with Gasteiger partial charge in [-0.15, -0.1) is 22.7 Å². The Morgan fingerprint density at radius 2 is 1.70 bits per heavy atom. The van der Waals surface area contributed by atoms with E-state index in [1.165, 1.54) is 27.6 Å². The molecule has 4 rings (SSSR count). The summed E-state index contributed by atoms with van der Waals surface area (Å²) in [5.74, 6) is -1.31. The van der Waals surface area contributed by atoms with Crippen LogP contribution in [0.2, 0.25) is 0 Å². The molecule has 0 fully saturated rings. The molecule has 4 nitrogen and oxygen atoms in total. The minimum absolute atomic E-state index is 0.143. The van der Waals surface area contributed by atoms with Gasteiger partial charge in [-0.05, 0) is 60.0 Å². The molecule has 0 spiro atoms. The van der Waals surface area contributed by atoms with Crippen LogP contribution in [0.3, 0.4) is 0 Å². The zero-order chi connectivity index (χ0) is 19.1. The van der Waals surface area contributed by atoms with Crippen LogP contribution in [0.1, 0.15) is 31.7 Å². The second kappa shape index (κ2) is 6.79. The zero-order valence-corrected chi connectivity index (χ0v) is 16.4. The molecule has 0 bridgehead atoms. The summed E-state index contributed by atoms with van der Waals surface area (Å²) in [6, 6.07) is 12.5. The molecule has 3 heterocycles. The molecular weight excluding hydrogens is 378 g/mol. The summed E-state index contributed by atoms with van der Waals surface area (Å²) in [5.41, 5.74) is 2.85. The van der Waals surface area contributed by atoms with Crippen LogP contribution in [0, 0.1) is 13.8 Å². The van der Waals surface area contributed by atoms with Crippen LogP contribution in [0.15, 0.2) is 64.6 Å². The van der Waals surface area contributed by atoms with Gasteiger partial charge in [0.2, 0.25) is 5.78 Å². The summed E-state index contributed by atoms with van der Waals surface area (Å²) in [6.07, 6.45) is 0. The molecule has 1 N–H and O–H groups in total. The van der Waals surface area contributed by atoms with Crippen molar-refractivity contribution in [3.63, 3.8) is 0 Å².